The molecule has 0 spiro atoms. The summed E-state index contributed by atoms with van der Waals surface area (Å²) in [5.74, 6) is -1.12. The molecule has 1 atom stereocenters. The molecule has 0 saturated heterocycles. The Morgan fingerprint density at radius 1 is 1.33 bits per heavy atom. The fourth-order valence-electron chi connectivity index (χ4n) is 1.49. The molecule has 1 unspecified atom stereocenters. The molecule has 1 aromatic rings. The van der Waals surface area contributed by atoms with Gasteiger partial charge in [-0.2, -0.15) is 13.2 Å². The Balaban J connectivity index is 2.74. The predicted octanol–water partition coefficient (Wildman–Crippen LogP) is 3.54. The van der Waals surface area contributed by atoms with Crippen LogP contribution in [0.15, 0.2) is 18.2 Å². The highest BCUT2D eigenvalue weighted by molar-refractivity contribution is 5.47. The molecule has 102 valence electrons. The summed E-state index contributed by atoms with van der Waals surface area (Å²) >= 11 is 0. The van der Waals surface area contributed by atoms with E-state index in [9.17, 15) is 17.6 Å². The number of ether oxygens (including phenoxy) is 1. The normalized spacial score (nSPS) is 13.4. The van der Waals surface area contributed by atoms with Crippen molar-refractivity contribution in [1.29, 1.82) is 0 Å². The molecule has 6 heteroatoms. The van der Waals surface area contributed by atoms with Gasteiger partial charge in [-0.25, -0.2) is 4.39 Å². The number of anilines is 1. The average molecular weight is 265 g/mol. The number of alkyl halides is 3. The number of hydrogen-bond acceptors (Lipinski definition) is 2. The molecule has 0 saturated carbocycles. The third-order valence-electron chi connectivity index (χ3n) is 2.38. The SMILES string of the molecule is COCC(C)CNc1ccc(F)c(C(F)(F)F)c1. The first-order valence-corrected chi connectivity index (χ1v) is 5.44. The van der Waals surface area contributed by atoms with Crippen molar-refractivity contribution < 1.29 is 22.3 Å². The van der Waals surface area contributed by atoms with Crippen LogP contribution >= 0.6 is 0 Å². The monoisotopic (exact) mass is 265 g/mol. The van der Waals surface area contributed by atoms with Crippen LogP contribution in [0, 0.1) is 11.7 Å². The van der Waals surface area contributed by atoms with E-state index in [1.165, 1.54) is 6.07 Å². The molecule has 0 heterocycles. The number of hydrogen-bond donors (Lipinski definition) is 1. The minimum Gasteiger partial charge on any atom is -0.385 e. The van der Waals surface area contributed by atoms with Crippen LogP contribution in [0.4, 0.5) is 23.2 Å². The van der Waals surface area contributed by atoms with Crippen molar-refractivity contribution in [1.82, 2.24) is 0 Å². The zero-order valence-electron chi connectivity index (χ0n) is 10.1. The predicted molar refractivity (Wildman–Crippen MR) is 60.9 cm³/mol. The van der Waals surface area contributed by atoms with Gasteiger partial charge >= 0.3 is 6.18 Å². The van der Waals surface area contributed by atoms with Crippen molar-refractivity contribution in [2.45, 2.75) is 13.1 Å². The van der Waals surface area contributed by atoms with Gasteiger partial charge in [0.25, 0.3) is 0 Å². The summed E-state index contributed by atoms with van der Waals surface area (Å²) in [5.41, 5.74) is -1.02. The van der Waals surface area contributed by atoms with Crippen LogP contribution in [0.5, 0.6) is 0 Å². The third kappa shape index (κ3) is 4.18. The molecule has 1 N–H and O–H groups in total. The van der Waals surface area contributed by atoms with Crippen molar-refractivity contribution in [3.63, 3.8) is 0 Å². The van der Waals surface area contributed by atoms with Crippen molar-refractivity contribution in [2.75, 3.05) is 25.6 Å². The highest BCUT2D eigenvalue weighted by Crippen LogP contribution is 2.32. The van der Waals surface area contributed by atoms with Gasteiger partial charge < -0.3 is 10.1 Å². The summed E-state index contributed by atoms with van der Waals surface area (Å²) in [4.78, 5) is 0. The fourth-order valence-corrected chi connectivity index (χ4v) is 1.49. The molecule has 0 aliphatic carbocycles. The lowest BCUT2D eigenvalue weighted by atomic mass is 10.1. The minimum absolute atomic E-state index is 0.148. The number of rotatable bonds is 5. The van der Waals surface area contributed by atoms with E-state index in [4.69, 9.17) is 4.74 Å². The van der Waals surface area contributed by atoms with Gasteiger partial charge in [0.05, 0.1) is 12.2 Å². The molecular formula is C12H15F4NO. The molecule has 0 aliphatic heterocycles. The van der Waals surface area contributed by atoms with E-state index in [0.717, 1.165) is 12.1 Å². The van der Waals surface area contributed by atoms with Gasteiger partial charge in [-0.05, 0) is 24.1 Å². The lowest BCUT2D eigenvalue weighted by molar-refractivity contribution is -0.139. The molecule has 0 aromatic heterocycles. The first-order chi connectivity index (χ1) is 8.34. The summed E-state index contributed by atoms with van der Waals surface area (Å²) < 4.78 is 55.3. The lowest BCUT2D eigenvalue weighted by Gasteiger charge is -2.14. The minimum atomic E-state index is -4.68. The maximum atomic E-state index is 13.0. The molecule has 1 rings (SSSR count). The summed E-state index contributed by atoms with van der Waals surface area (Å²) in [6, 6.07) is 2.87. The first kappa shape index (κ1) is 14.8. The Hall–Kier alpha value is -1.30. The topological polar surface area (TPSA) is 21.3 Å². The molecule has 0 amide bonds. The van der Waals surface area contributed by atoms with Crippen LogP contribution < -0.4 is 5.32 Å². The van der Waals surface area contributed by atoms with Gasteiger partial charge in [-0.1, -0.05) is 6.92 Å². The maximum Gasteiger partial charge on any atom is 0.419 e. The second kappa shape index (κ2) is 6.04. The van der Waals surface area contributed by atoms with Gasteiger partial charge in [0.2, 0.25) is 0 Å². The number of methoxy groups -OCH3 is 1. The smallest absolute Gasteiger partial charge is 0.385 e. The zero-order chi connectivity index (χ0) is 13.8. The van der Waals surface area contributed by atoms with Crippen LogP contribution in [0.1, 0.15) is 12.5 Å². The summed E-state index contributed by atoms with van der Waals surface area (Å²) in [7, 11) is 1.55. The Morgan fingerprint density at radius 3 is 2.56 bits per heavy atom. The Bertz CT molecular complexity index is 392. The molecule has 2 nitrogen and oxygen atoms in total. The van der Waals surface area contributed by atoms with E-state index >= 15 is 0 Å². The lowest BCUT2D eigenvalue weighted by Crippen LogP contribution is -2.16. The van der Waals surface area contributed by atoms with Crippen LogP contribution in [-0.4, -0.2) is 20.3 Å². The van der Waals surface area contributed by atoms with Gasteiger partial charge in [0.15, 0.2) is 0 Å². The van der Waals surface area contributed by atoms with Crippen LogP contribution in [0.3, 0.4) is 0 Å². The zero-order valence-corrected chi connectivity index (χ0v) is 10.1. The van der Waals surface area contributed by atoms with Crippen molar-refractivity contribution >= 4 is 5.69 Å². The maximum absolute atomic E-state index is 13.0. The Labute approximate surface area is 103 Å². The summed E-state index contributed by atoms with van der Waals surface area (Å²) in [6.07, 6.45) is -4.68. The van der Waals surface area contributed by atoms with Gasteiger partial charge in [-0.15, -0.1) is 0 Å². The van der Waals surface area contributed by atoms with Crippen molar-refractivity contribution in [3.8, 4) is 0 Å². The molecular weight excluding hydrogens is 250 g/mol. The van der Waals surface area contributed by atoms with Crippen LogP contribution in [-0.2, 0) is 10.9 Å². The van der Waals surface area contributed by atoms with E-state index in [-0.39, 0.29) is 11.6 Å². The standard InChI is InChI=1S/C12H15F4NO/c1-8(7-18-2)6-17-9-3-4-11(13)10(5-9)12(14,15)16/h3-5,8,17H,6-7H2,1-2H3. The average Bonchev–Trinajstić information content (AvgIpc) is 2.27. The highest BCUT2D eigenvalue weighted by Gasteiger charge is 2.34. The Kier molecular flexibility index (Phi) is 4.95. The first-order valence-electron chi connectivity index (χ1n) is 5.44. The molecule has 0 bridgehead atoms. The molecule has 0 aliphatic rings. The van der Waals surface area contributed by atoms with E-state index in [1.54, 1.807) is 7.11 Å². The fraction of sp³-hybridized carbons (Fsp3) is 0.500. The van der Waals surface area contributed by atoms with Crippen molar-refractivity contribution in [3.05, 3.63) is 29.6 Å². The van der Waals surface area contributed by atoms with Gasteiger partial charge in [-0.3, -0.25) is 0 Å². The van der Waals surface area contributed by atoms with Crippen LogP contribution in [0.2, 0.25) is 0 Å². The second-order valence-corrected chi connectivity index (χ2v) is 4.13. The number of nitrogens with one attached hydrogen (secondary N) is 1. The molecule has 0 radical (unpaired) electrons. The number of benzene rings is 1. The quantitative estimate of drug-likeness (QED) is 0.822. The van der Waals surface area contributed by atoms with E-state index in [1.807, 2.05) is 6.92 Å². The molecule has 18 heavy (non-hydrogen) atoms. The van der Waals surface area contributed by atoms with E-state index < -0.39 is 17.6 Å². The molecule has 1 aromatic carbocycles. The van der Waals surface area contributed by atoms with E-state index in [2.05, 4.69) is 5.32 Å². The second-order valence-electron chi connectivity index (χ2n) is 4.13. The van der Waals surface area contributed by atoms with Gasteiger partial charge in [0.1, 0.15) is 5.82 Å². The van der Waals surface area contributed by atoms with Crippen LogP contribution in [0.25, 0.3) is 0 Å². The highest BCUT2D eigenvalue weighted by atomic mass is 19.4. The molecule has 0 fully saturated rings. The summed E-state index contributed by atoms with van der Waals surface area (Å²) in [6.45, 7) is 2.85. The van der Waals surface area contributed by atoms with Crippen molar-refractivity contribution in [2.24, 2.45) is 5.92 Å². The number of halogens is 4. The van der Waals surface area contributed by atoms with Gasteiger partial charge in [0, 0.05) is 19.3 Å². The Morgan fingerprint density at radius 2 is 2.00 bits per heavy atom. The third-order valence-corrected chi connectivity index (χ3v) is 2.38. The summed E-state index contributed by atoms with van der Waals surface area (Å²) in [5, 5.41) is 2.82. The largest absolute Gasteiger partial charge is 0.419 e. The van der Waals surface area contributed by atoms with E-state index in [0.29, 0.717) is 13.2 Å².